The molecule has 2 amide bonds. The van der Waals surface area contributed by atoms with Gasteiger partial charge in [-0.15, -0.1) is 0 Å². The van der Waals surface area contributed by atoms with Gasteiger partial charge in [0.2, 0.25) is 5.91 Å². The third kappa shape index (κ3) is 5.65. The van der Waals surface area contributed by atoms with Gasteiger partial charge in [0.15, 0.2) is 5.78 Å². The summed E-state index contributed by atoms with van der Waals surface area (Å²) < 4.78 is 0. The Balaban J connectivity index is 1.75. The summed E-state index contributed by atoms with van der Waals surface area (Å²) in [5.41, 5.74) is 5.07. The van der Waals surface area contributed by atoms with Crippen LogP contribution in [-0.2, 0) is 16.0 Å². The van der Waals surface area contributed by atoms with Gasteiger partial charge in [-0.25, -0.2) is 5.48 Å². The molecule has 0 spiro atoms. The van der Waals surface area contributed by atoms with Gasteiger partial charge in [-0.1, -0.05) is 55.5 Å². The summed E-state index contributed by atoms with van der Waals surface area (Å²) in [6.07, 6.45) is -0.943. The fourth-order valence-corrected chi connectivity index (χ4v) is 4.30. The minimum Gasteiger partial charge on any atom is -0.393 e. The topological polar surface area (TPSA) is 136 Å². The first-order valence-electron chi connectivity index (χ1n) is 11.1. The molecule has 33 heavy (non-hydrogen) atoms. The first-order chi connectivity index (χ1) is 15.7. The minimum atomic E-state index is -1.38. The SMILES string of the molecule is CCc1ccc(-c2ccc(C(=O)C3C[C@H](O)C[C@H]3C(=O)N[C@H](C(=O)NO)[C@@H](C)O)cc2)cc1. The number of ketones is 1. The van der Waals surface area contributed by atoms with Crippen molar-refractivity contribution in [2.45, 2.75) is 51.4 Å². The van der Waals surface area contributed by atoms with Crippen LogP contribution in [0.1, 0.15) is 42.6 Å². The summed E-state index contributed by atoms with van der Waals surface area (Å²) >= 11 is 0. The molecular weight excluding hydrogens is 424 g/mol. The molecule has 3 rings (SSSR count). The van der Waals surface area contributed by atoms with Gasteiger partial charge in [0, 0.05) is 11.5 Å². The number of benzene rings is 2. The van der Waals surface area contributed by atoms with E-state index in [4.69, 9.17) is 5.21 Å². The highest BCUT2D eigenvalue weighted by molar-refractivity contribution is 6.01. The number of aliphatic hydroxyl groups excluding tert-OH is 2. The molecule has 1 saturated carbocycles. The van der Waals surface area contributed by atoms with E-state index in [0.717, 1.165) is 17.5 Å². The van der Waals surface area contributed by atoms with Gasteiger partial charge in [0.1, 0.15) is 6.04 Å². The van der Waals surface area contributed by atoms with Crippen LogP contribution in [0.2, 0.25) is 0 Å². The van der Waals surface area contributed by atoms with E-state index < -0.39 is 41.9 Å². The third-order valence-corrected chi connectivity index (χ3v) is 6.25. The average Bonchev–Trinajstić information content (AvgIpc) is 3.23. The van der Waals surface area contributed by atoms with Gasteiger partial charge in [-0.05, 0) is 42.9 Å². The maximum Gasteiger partial charge on any atom is 0.268 e. The molecular formula is C25H30N2O6. The van der Waals surface area contributed by atoms with Gasteiger partial charge >= 0.3 is 0 Å². The lowest BCUT2D eigenvalue weighted by Gasteiger charge is -2.23. The number of nitrogens with one attached hydrogen (secondary N) is 2. The molecule has 0 radical (unpaired) electrons. The van der Waals surface area contributed by atoms with E-state index in [9.17, 15) is 24.6 Å². The molecule has 8 heteroatoms. The summed E-state index contributed by atoms with van der Waals surface area (Å²) in [7, 11) is 0. The van der Waals surface area contributed by atoms with Crippen molar-refractivity contribution in [3.63, 3.8) is 0 Å². The first kappa shape index (κ1) is 24.6. The van der Waals surface area contributed by atoms with E-state index in [2.05, 4.69) is 24.4 Å². The lowest BCUT2D eigenvalue weighted by Crippen LogP contribution is -2.53. The van der Waals surface area contributed by atoms with Crippen molar-refractivity contribution >= 4 is 17.6 Å². The molecule has 2 aromatic carbocycles. The summed E-state index contributed by atoms with van der Waals surface area (Å²) in [5.74, 6) is -3.49. The van der Waals surface area contributed by atoms with Gasteiger partial charge in [0.05, 0.1) is 18.1 Å². The molecule has 8 nitrogen and oxygen atoms in total. The summed E-state index contributed by atoms with van der Waals surface area (Å²) in [6, 6.07) is 13.9. The van der Waals surface area contributed by atoms with E-state index in [1.807, 2.05) is 24.3 Å². The van der Waals surface area contributed by atoms with Crippen LogP contribution in [0.25, 0.3) is 11.1 Å². The first-order valence-corrected chi connectivity index (χ1v) is 11.1. The van der Waals surface area contributed by atoms with Crippen LogP contribution < -0.4 is 10.8 Å². The van der Waals surface area contributed by atoms with E-state index in [1.165, 1.54) is 18.0 Å². The Bertz CT molecular complexity index is 987. The fraction of sp³-hybridized carbons (Fsp3) is 0.400. The highest BCUT2D eigenvalue weighted by atomic mass is 16.5. The number of hydroxylamine groups is 1. The number of rotatable bonds is 8. The monoisotopic (exact) mass is 454 g/mol. The number of Topliss-reactive ketones (excluding diaryl/α,β-unsaturated/α-hetero) is 1. The number of hydrogen-bond acceptors (Lipinski definition) is 6. The Hall–Kier alpha value is -3.07. The Morgan fingerprint density at radius 3 is 2.03 bits per heavy atom. The maximum absolute atomic E-state index is 13.2. The molecule has 176 valence electrons. The molecule has 0 heterocycles. The van der Waals surface area contributed by atoms with Crippen LogP contribution >= 0.6 is 0 Å². The second-order valence-electron chi connectivity index (χ2n) is 8.53. The van der Waals surface area contributed by atoms with Crippen molar-refractivity contribution in [1.29, 1.82) is 0 Å². The fourth-order valence-electron chi connectivity index (χ4n) is 4.30. The smallest absolute Gasteiger partial charge is 0.268 e. The highest BCUT2D eigenvalue weighted by Gasteiger charge is 2.43. The van der Waals surface area contributed by atoms with Gasteiger partial charge < -0.3 is 15.5 Å². The van der Waals surface area contributed by atoms with E-state index >= 15 is 0 Å². The van der Waals surface area contributed by atoms with Crippen LogP contribution in [-0.4, -0.2) is 51.3 Å². The number of carbonyl (C=O) groups excluding carboxylic acids is 3. The summed E-state index contributed by atoms with van der Waals surface area (Å²) in [6.45, 7) is 3.39. The third-order valence-electron chi connectivity index (χ3n) is 6.25. The predicted molar refractivity (Wildman–Crippen MR) is 121 cm³/mol. The molecule has 2 aromatic rings. The van der Waals surface area contributed by atoms with Crippen LogP contribution in [0.3, 0.4) is 0 Å². The van der Waals surface area contributed by atoms with Crippen molar-refractivity contribution in [3.8, 4) is 11.1 Å². The van der Waals surface area contributed by atoms with Gasteiger partial charge in [-0.3, -0.25) is 19.6 Å². The summed E-state index contributed by atoms with van der Waals surface area (Å²) in [4.78, 5) is 37.7. The quantitative estimate of drug-likeness (QED) is 0.235. The lowest BCUT2D eigenvalue weighted by molar-refractivity contribution is -0.138. The van der Waals surface area contributed by atoms with Crippen molar-refractivity contribution in [3.05, 3.63) is 59.7 Å². The normalized spacial score (nSPS) is 21.8. The Morgan fingerprint density at radius 2 is 1.52 bits per heavy atom. The Morgan fingerprint density at radius 1 is 0.970 bits per heavy atom. The molecule has 1 unspecified atom stereocenters. The summed E-state index contributed by atoms with van der Waals surface area (Å²) in [5, 5.41) is 31.1. The highest BCUT2D eigenvalue weighted by Crippen LogP contribution is 2.35. The van der Waals surface area contributed by atoms with Crippen LogP contribution in [0.15, 0.2) is 48.5 Å². The zero-order valence-corrected chi connectivity index (χ0v) is 18.7. The average molecular weight is 455 g/mol. The number of aryl methyl sites for hydroxylation is 1. The van der Waals surface area contributed by atoms with Crippen molar-refractivity contribution in [1.82, 2.24) is 10.8 Å². The molecule has 5 N–H and O–H groups in total. The Labute approximate surface area is 192 Å². The zero-order valence-electron chi connectivity index (χ0n) is 18.7. The second-order valence-corrected chi connectivity index (χ2v) is 8.53. The van der Waals surface area contributed by atoms with Gasteiger partial charge in [-0.2, -0.15) is 0 Å². The molecule has 0 saturated heterocycles. The standard InChI is InChI=1S/C25H30N2O6/c1-3-15-4-6-16(7-5-15)17-8-10-18(11-9-17)23(30)20-12-19(29)13-21(20)24(31)26-22(14(2)28)25(32)27-33/h4-11,14,19-22,28-29,33H,3,12-13H2,1-2H3,(H,26,31)(H,27,32)/t14-,19+,20?,21-,22+/m1/s1. The van der Waals surface area contributed by atoms with E-state index in [1.54, 1.807) is 12.1 Å². The maximum atomic E-state index is 13.2. The molecule has 0 bridgehead atoms. The molecule has 0 aromatic heterocycles. The molecule has 1 aliphatic rings. The second kappa shape index (κ2) is 10.7. The van der Waals surface area contributed by atoms with Crippen molar-refractivity contribution < 1.29 is 29.8 Å². The van der Waals surface area contributed by atoms with Crippen molar-refractivity contribution in [2.24, 2.45) is 11.8 Å². The van der Waals surface area contributed by atoms with Crippen LogP contribution in [0.5, 0.6) is 0 Å². The lowest BCUT2D eigenvalue weighted by atomic mass is 9.87. The van der Waals surface area contributed by atoms with Gasteiger partial charge in [0.25, 0.3) is 5.91 Å². The van der Waals surface area contributed by atoms with Crippen molar-refractivity contribution in [2.75, 3.05) is 0 Å². The van der Waals surface area contributed by atoms with Crippen LogP contribution in [0.4, 0.5) is 0 Å². The van der Waals surface area contributed by atoms with E-state index in [-0.39, 0.29) is 18.6 Å². The van der Waals surface area contributed by atoms with E-state index in [0.29, 0.717) is 5.56 Å². The zero-order chi connectivity index (χ0) is 24.1. The number of hydrogen-bond donors (Lipinski definition) is 5. The predicted octanol–water partition coefficient (Wildman–Crippen LogP) is 1.86. The molecule has 1 fully saturated rings. The number of aliphatic hydroxyl groups is 2. The molecule has 1 aliphatic carbocycles. The number of carbonyl (C=O) groups is 3. The largest absolute Gasteiger partial charge is 0.393 e. The van der Waals surface area contributed by atoms with Crippen LogP contribution in [0, 0.1) is 11.8 Å². The minimum absolute atomic E-state index is 0.0668. The Kier molecular flexibility index (Phi) is 7.97. The molecule has 5 atom stereocenters. The number of amides is 2. The molecule has 0 aliphatic heterocycles.